The molecule has 0 unspecified atom stereocenters. The van der Waals surface area contributed by atoms with Crippen LogP contribution in [-0.4, -0.2) is 34.5 Å². The van der Waals surface area contributed by atoms with Crippen molar-refractivity contribution in [2.45, 2.75) is 18.9 Å². The van der Waals surface area contributed by atoms with Crippen LogP contribution in [-0.2, 0) is 9.59 Å². The maximum Gasteiger partial charge on any atom is 1.00 e. The summed E-state index contributed by atoms with van der Waals surface area (Å²) in [5.41, 5.74) is 1.00. The molecule has 1 amide bonds. The number of hydrogen-bond acceptors (Lipinski definition) is 5. The molecule has 1 aromatic carbocycles. The first-order valence-electron chi connectivity index (χ1n) is 7.40. The third kappa shape index (κ3) is 3.63. The van der Waals surface area contributed by atoms with Gasteiger partial charge in [-0.15, -0.1) is 11.8 Å². The maximum absolute atomic E-state index is 12.1. The van der Waals surface area contributed by atoms with Crippen molar-refractivity contribution in [2.24, 2.45) is 5.92 Å². The third-order valence-electron chi connectivity index (χ3n) is 4.15. The fourth-order valence-electron chi connectivity index (χ4n) is 3.06. The van der Waals surface area contributed by atoms with Gasteiger partial charge in [-0.05, 0) is 23.5 Å². The van der Waals surface area contributed by atoms with Crippen LogP contribution in [0.1, 0.15) is 18.4 Å². The Kier molecular flexibility index (Phi) is 6.71. The fraction of sp³-hybridized carbons (Fsp3) is 0.294. The van der Waals surface area contributed by atoms with Crippen LogP contribution in [0.4, 0.5) is 0 Å². The van der Waals surface area contributed by atoms with E-state index in [1.165, 1.54) is 16.7 Å². The quantitative estimate of drug-likeness (QED) is 0.471. The fourth-order valence-corrected chi connectivity index (χ4v) is 4.01. The molecule has 1 saturated heterocycles. The van der Waals surface area contributed by atoms with Gasteiger partial charge in [-0.3, -0.25) is 4.79 Å². The van der Waals surface area contributed by atoms with Gasteiger partial charge in [0.25, 0.3) is 0 Å². The number of nitrogens with zero attached hydrogens (tertiary/aromatic N) is 1. The van der Waals surface area contributed by atoms with E-state index >= 15 is 0 Å². The van der Waals surface area contributed by atoms with Gasteiger partial charge < -0.3 is 19.9 Å². The summed E-state index contributed by atoms with van der Waals surface area (Å²) in [6.45, 7) is -0.0716. The van der Waals surface area contributed by atoms with Gasteiger partial charge in [-0.25, -0.2) is 0 Å². The first-order valence-corrected chi connectivity index (χ1v) is 8.28. The summed E-state index contributed by atoms with van der Waals surface area (Å²) >= 11 is 1.31. The molecule has 2 heterocycles. The average Bonchev–Trinajstić information content (AvgIpc) is 2.89. The molecule has 24 heavy (non-hydrogen) atoms. The number of rotatable bonds is 6. The molecule has 2 aliphatic rings. The number of carboxylic acid groups (broad SMARTS) is 1. The van der Waals surface area contributed by atoms with E-state index in [1.54, 1.807) is 0 Å². The van der Waals surface area contributed by atoms with Crippen molar-refractivity contribution in [1.29, 1.82) is 0 Å². The van der Waals surface area contributed by atoms with Gasteiger partial charge in [0, 0.05) is 17.9 Å². The van der Waals surface area contributed by atoms with Crippen molar-refractivity contribution in [3.05, 3.63) is 51.9 Å². The SMILES string of the molecule is O=C([O-])C1=C(SC=Cc2ccccc2)C[C@@H]2[C@H](CCO)C(=O)N12.[Na+]. The van der Waals surface area contributed by atoms with E-state index in [9.17, 15) is 14.7 Å². The molecule has 2 atom stereocenters. The zero-order chi connectivity index (χ0) is 16.4. The summed E-state index contributed by atoms with van der Waals surface area (Å²) in [5, 5.41) is 22.2. The molecule has 0 saturated carbocycles. The minimum atomic E-state index is -1.32. The van der Waals surface area contributed by atoms with E-state index in [2.05, 4.69) is 0 Å². The van der Waals surface area contributed by atoms with E-state index < -0.39 is 5.97 Å². The number of aliphatic carboxylic acids is 1. The number of aliphatic hydroxyl groups excluding tert-OH is 1. The van der Waals surface area contributed by atoms with Crippen molar-refractivity contribution < 1.29 is 49.4 Å². The van der Waals surface area contributed by atoms with Crippen LogP contribution in [0.25, 0.3) is 6.08 Å². The van der Waals surface area contributed by atoms with Crippen LogP contribution >= 0.6 is 11.8 Å². The van der Waals surface area contributed by atoms with Gasteiger partial charge >= 0.3 is 29.6 Å². The van der Waals surface area contributed by atoms with Crippen molar-refractivity contribution in [3.8, 4) is 0 Å². The molecule has 2 aliphatic heterocycles. The van der Waals surface area contributed by atoms with E-state index in [4.69, 9.17) is 5.11 Å². The smallest absolute Gasteiger partial charge is 0.543 e. The van der Waals surface area contributed by atoms with Crippen LogP contribution in [0.3, 0.4) is 0 Å². The standard InChI is InChI=1S/C17H17NO4S.Na/c19-8-6-12-13-10-14(15(17(21)22)18(13)16(12)20)23-9-7-11-4-2-1-3-5-11;/h1-5,7,9,12-13,19H,6,8,10H2,(H,21,22);/q;+1/p-1/t12-,13+;/m0./s1. The average molecular weight is 353 g/mol. The van der Waals surface area contributed by atoms with Gasteiger partial charge in [-0.1, -0.05) is 30.3 Å². The zero-order valence-electron chi connectivity index (χ0n) is 13.3. The molecule has 3 rings (SSSR count). The maximum atomic E-state index is 12.1. The number of amides is 1. The van der Waals surface area contributed by atoms with Crippen molar-refractivity contribution >= 4 is 29.7 Å². The van der Waals surface area contributed by atoms with Gasteiger partial charge in [0.05, 0.1) is 23.6 Å². The Morgan fingerprint density at radius 1 is 1.38 bits per heavy atom. The Morgan fingerprint density at radius 3 is 2.71 bits per heavy atom. The second kappa shape index (κ2) is 8.36. The van der Waals surface area contributed by atoms with Crippen LogP contribution < -0.4 is 34.7 Å². The van der Waals surface area contributed by atoms with Crippen molar-refractivity contribution in [3.63, 3.8) is 0 Å². The first kappa shape index (κ1) is 19.3. The molecule has 1 fully saturated rings. The molecule has 1 N–H and O–H groups in total. The van der Waals surface area contributed by atoms with Gasteiger partial charge in [0.15, 0.2) is 0 Å². The summed E-state index contributed by atoms with van der Waals surface area (Å²) in [7, 11) is 0. The Morgan fingerprint density at radius 2 is 2.08 bits per heavy atom. The molecule has 0 spiro atoms. The van der Waals surface area contributed by atoms with Gasteiger partial charge in [0.2, 0.25) is 5.91 Å². The monoisotopic (exact) mass is 353 g/mol. The number of carbonyl (C=O) groups is 2. The minimum Gasteiger partial charge on any atom is -0.543 e. The molecule has 5 nitrogen and oxygen atoms in total. The second-order valence-electron chi connectivity index (χ2n) is 5.49. The van der Waals surface area contributed by atoms with Crippen LogP contribution in [0.15, 0.2) is 46.3 Å². The Bertz CT molecular complexity index is 689. The van der Waals surface area contributed by atoms with E-state index in [1.807, 2.05) is 41.8 Å². The summed E-state index contributed by atoms with van der Waals surface area (Å²) in [6.07, 6.45) is 2.77. The molecule has 120 valence electrons. The second-order valence-corrected chi connectivity index (χ2v) is 6.49. The summed E-state index contributed by atoms with van der Waals surface area (Å²) in [6, 6.07) is 9.53. The molecular formula is C17H16NNaO4S. The number of β-lactam (4-membered cyclic amide) rings is 1. The van der Waals surface area contributed by atoms with E-state index in [0.29, 0.717) is 17.7 Å². The number of carbonyl (C=O) groups excluding carboxylic acids is 2. The molecule has 0 aliphatic carbocycles. The van der Waals surface area contributed by atoms with Crippen molar-refractivity contribution in [1.82, 2.24) is 4.90 Å². The van der Waals surface area contributed by atoms with Crippen LogP contribution in [0.2, 0.25) is 0 Å². The largest absolute Gasteiger partial charge is 1.00 e. The third-order valence-corrected chi connectivity index (χ3v) is 5.07. The first-order chi connectivity index (χ1) is 11.1. The number of hydrogen-bond donors (Lipinski definition) is 1. The van der Waals surface area contributed by atoms with Gasteiger partial charge in [-0.2, -0.15) is 0 Å². The summed E-state index contributed by atoms with van der Waals surface area (Å²) in [5.74, 6) is -1.84. The van der Waals surface area contributed by atoms with E-state index in [-0.39, 0.29) is 59.7 Å². The topological polar surface area (TPSA) is 80.7 Å². The number of benzene rings is 1. The Labute approximate surface area is 166 Å². The molecule has 0 aromatic heterocycles. The van der Waals surface area contributed by atoms with Crippen LogP contribution in [0.5, 0.6) is 0 Å². The molecule has 7 heteroatoms. The number of aliphatic hydroxyl groups is 1. The zero-order valence-corrected chi connectivity index (χ0v) is 16.2. The Balaban J connectivity index is 0.00000208. The van der Waals surface area contributed by atoms with Crippen molar-refractivity contribution in [2.75, 3.05) is 6.61 Å². The predicted octanol–water partition coefficient (Wildman–Crippen LogP) is -2.03. The molecule has 1 aromatic rings. The number of carboxylic acids is 1. The molecule has 0 bridgehead atoms. The van der Waals surface area contributed by atoms with E-state index in [0.717, 1.165) is 5.56 Å². The van der Waals surface area contributed by atoms with Crippen LogP contribution in [0, 0.1) is 5.92 Å². The number of fused-ring (bicyclic) bond motifs is 1. The minimum absolute atomic E-state index is 0. The molecular weight excluding hydrogens is 337 g/mol. The predicted molar refractivity (Wildman–Crippen MR) is 85.5 cm³/mol. The number of thioether (sulfide) groups is 1. The summed E-state index contributed by atoms with van der Waals surface area (Å²) in [4.78, 5) is 25.4. The van der Waals surface area contributed by atoms with Gasteiger partial charge in [0.1, 0.15) is 0 Å². The normalized spacial score (nSPS) is 22.4. The summed E-state index contributed by atoms with van der Waals surface area (Å²) < 4.78 is 0. The molecule has 0 radical (unpaired) electrons. The Hall–Kier alpha value is -1.05.